The molecule has 1 aliphatic carbocycles. The molecule has 0 amide bonds. The molecule has 2 rings (SSSR count). The number of carbonyl (C=O) groups excluding carboxylic acids is 1. The standard InChI is InChI=1S/C17H22F2O2/c1-2-3-4-12-5-7-13(8-6-12)17(20)21-14-9-10-15(18)16(19)11-14/h9-13H,2-8H2,1H3/t12-,13+. The molecule has 2 nitrogen and oxygen atoms in total. The smallest absolute Gasteiger partial charge is 0.314 e. The van der Waals surface area contributed by atoms with E-state index in [1.807, 2.05) is 0 Å². The van der Waals surface area contributed by atoms with Gasteiger partial charge in [-0.15, -0.1) is 0 Å². The molecule has 1 fully saturated rings. The van der Waals surface area contributed by atoms with Gasteiger partial charge in [0.1, 0.15) is 5.75 Å². The summed E-state index contributed by atoms with van der Waals surface area (Å²) < 4.78 is 31.1. The average Bonchev–Trinajstić information content (AvgIpc) is 2.49. The molecule has 0 bridgehead atoms. The van der Waals surface area contributed by atoms with Gasteiger partial charge in [0.25, 0.3) is 0 Å². The first-order valence-electron chi connectivity index (χ1n) is 7.77. The number of hydrogen-bond acceptors (Lipinski definition) is 2. The van der Waals surface area contributed by atoms with Crippen molar-refractivity contribution in [2.45, 2.75) is 51.9 Å². The number of halogens is 2. The number of benzene rings is 1. The molecule has 0 radical (unpaired) electrons. The summed E-state index contributed by atoms with van der Waals surface area (Å²) in [4.78, 5) is 12.0. The zero-order valence-corrected chi connectivity index (χ0v) is 12.4. The first kappa shape index (κ1) is 15.9. The van der Waals surface area contributed by atoms with E-state index in [4.69, 9.17) is 4.74 Å². The summed E-state index contributed by atoms with van der Waals surface area (Å²) >= 11 is 0. The second-order valence-electron chi connectivity index (χ2n) is 5.86. The van der Waals surface area contributed by atoms with Crippen molar-refractivity contribution in [3.05, 3.63) is 29.8 Å². The largest absolute Gasteiger partial charge is 0.426 e. The number of ether oxygens (including phenoxy) is 1. The van der Waals surface area contributed by atoms with E-state index in [1.54, 1.807) is 0 Å². The van der Waals surface area contributed by atoms with Gasteiger partial charge in [0.05, 0.1) is 5.92 Å². The van der Waals surface area contributed by atoms with Crippen LogP contribution in [0.2, 0.25) is 0 Å². The number of rotatable bonds is 5. The molecular weight excluding hydrogens is 274 g/mol. The third-order valence-electron chi connectivity index (χ3n) is 4.26. The van der Waals surface area contributed by atoms with E-state index in [-0.39, 0.29) is 17.6 Å². The number of carbonyl (C=O) groups is 1. The lowest BCUT2D eigenvalue weighted by Gasteiger charge is -2.27. The monoisotopic (exact) mass is 296 g/mol. The lowest BCUT2D eigenvalue weighted by Crippen LogP contribution is -2.25. The summed E-state index contributed by atoms with van der Waals surface area (Å²) in [6.45, 7) is 2.19. The minimum Gasteiger partial charge on any atom is -0.426 e. The molecule has 116 valence electrons. The first-order chi connectivity index (χ1) is 10.1. The van der Waals surface area contributed by atoms with Crippen molar-refractivity contribution in [1.29, 1.82) is 0 Å². The summed E-state index contributed by atoms with van der Waals surface area (Å²) in [6, 6.07) is 3.17. The molecule has 0 saturated heterocycles. The van der Waals surface area contributed by atoms with Crippen molar-refractivity contribution in [1.82, 2.24) is 0 Å². The molecule has 0 atom stereocenters. The second-order valence-corrected chi connectivity index (χ2v) is 5.86. The molecule has 1 aliphatic rings. The minimum absolute atomic E-state index is 0.0759. The second kappa shape index (κ2) is 7.53. The lowest BCUT2D eigenvalue weighted by molar-refractivity contribution is -0.140. The maximum absolute atomic E-state index is 13.1. The quantitative estimate of drug-likeness (QED) is 0.572. The van der Waals surface area contributed by atoms with Crippen LogP contribution in [-0.4, -0.2) is 5.97 Å². The molecule has 0 aliphatic heterocycles. The van der Waals surface area contributed by atoms with Gasteiger partial charge in [-0.05, 0) is 43.7 Å². The fourth-order valence-electron chi connectivity index (χ4n) is 2.92. The Kier molecular flexibility index (Phi) is 5.71. The highest BCUT2D eigenvalue weighted by molar-refractivity contribution is 5.75. The predicted molar refractivity (Wildman–Crippen MR) is 77.0 cm³/mol. The number of hydrogen-bond donors (Lipinski definition) is 0. The van der Waals surface area contributed by atoms with Gasteiger partial charge in [0.15, 0.2) is 11.6 Å². The molecule has 0 N–H and O–H groups in total. The highest BCUT2D eigenvalue weighted by Gasteiger charge is 2.27. The normalized spacial score (nSPS) is 22.0. The topological polar surface area (TPSA) is 26.3 Å². The van der Waals surface area contributed by atoms with E-state index >= 15 is 0 Å². The van der Waals surface area contributed by atoms with E-state index in [1.165, 1.54) is 25.3 Å². The van der Waals surface area contributed by atoms with Crippen LogP contribution in [0.25, 0.3) is 0 Å². The fraction of sp³-hybridized carbons (Fsp3) is 0.588. The molecule has 1 aromatic rings. The Balaban J connectivity index is 1.83. The van der Waals surface area contributed by atoms with Gasteiger partial charge in [-0.2, -0.15) is 0 Å². The van der Waals surface area contributed by atoms with Crippen LogP contribution in [0.3, 0.4) is 0 Å². The van der Waals surface area contributed by atoms with Crippen LogP contribution >= 0.6 is 0 Å². The summed E-state index contributed by atoms with van der Waals surface area (Å²) in [5, 5.41) is 0. The molecule has 4 heteroatoms. The summed E-state index contributed by atoms with van der Waals surface area (Å²) in [5.41, 5.74) is 0. The van der Waals surface area contributed by atoms with Crippen LogP contribution in [-0.2, 0) is 4.79 Å². The van der Waals surface area contributed by atoms with E-state index in [0.29, 0.717) is 0 Å². The van der Waals surface area contributed by atoms with Gasteiger partial charge in [0.2, 0.25) is 0 Å². The highest BCUT2D eigenvalue weighted by atomic mass is 19.2. The summed E-state index contributed by atoms with van der Waals surface area (Å²) in [7, 11) is 0. The fourth-order valence-corrected chi connectivity index (χ4v) is 2.92. The highest BCUT2D eigenvalue weighted by Crippen LogP contribution is 2.32. The molecular formula is C17H22F2O2. The number of esters is 1. The van der Waals surface area contributed by atoms with Gasteiger partial charge in [-0.25, -0.2) is 8.78 Å². The third kappa shape index (κ3) is 4.51. The van der Waals surface area contributed by atoms with Gasteiger partial charge >= 0.3 is 5.97 Å². The molecule has 0 spiro atoms. The van der Waals surface area contributed by atoms with E-state index in [0.717, 1.165) is 43.7 Å². The zero-order valence-electron chi connectivity index (χ0n) is 12.4. The Hall–Kier alpha value is -1.45. The molecule has 1 saturated carbocycles. The van der Waals surface area contributed by atoms with Crippen LogP contribution in [0.4, 0.5) is 8.78 Å². The van der Waals surface area contributed by atoms with Gasteiger partial charge < -0.3 is 4.74 Å². The van der Waals surface area contributed by atoms with Gasteiger partial charge in [-0.3, -0.25) is 4.79 Å². The van der Waals surface area contributed by atoms with Crippen LogP contribution in [0.5, 0.6) is 5.75 Å². The maximum Gasteiger partial charge on any atom is 0.314 e. The number of unbranched alkanes of at least 4 members (excludes halogenated alkanes) is 1. The first-order valence-corrected chi connectivity index (χ1v) is 7.77. The van der Waals surface area contributed by atoms with Crippen molar-refractivity contribution < 1.29 is 18.3 Å². The van der Waals surface area contributed by atoms with Crippen LogP contribution in [0, 0.1) is 23.5 Å². The van der Waals surface area contributed by atoms with E-state index < -0.39 is 11.6 Å². The molecule has 0 aromatic heterocycles. The Morgan fingerprint density at radius 1 is 1.19 bits per heavy atom. The van der Waals surface area contributed by atoms with Crippen molar-refractivity contribution in [3.8, 4) is 5.75 Å². The van der Waals surface area contributed by atoms with Crippen molar-refractivity contribution in [2.24, 2.45) is 11.8 Å². The van der Waals surface area contributed by atoms with E-state index in [2.05, 4.69) is 6.92 Å². The molecule has 1 aromatic carbocycles. The SMILES string of the molecule is CCCC[C@H]1CC[C@@H](C(=O)Oc2ccc(F)c(F)c2)CC1. The van der Waals surface area contributed by atoms with E-state index in [9.17, 15) is 13.6 Å². The summed E-state index contributed by atoms with van der Waals surface area (Å²) in [5.74, 6) is -1.58. The van der Waals surface area contributed by atoms with Crippen molar-refractivity contribution in [3.63, 3.8) is 0 Å². The van der Waals surface area contributed by atoms with Crippen LogP contribution in [0.1, 0.15) is 51.9 Å². The van der Waals surface area contributed by atoms with Gasteiger partial charge in [-0.1, -0.05) is 26.2 Å². The third-order valence-corrected chi connectivity index (χ3v) is 4.26. The summed E-state index contributed by atoms with van der Waals surface area (Å²) in [6.07, 6.45) is 7.46. The zero-order chi connectivity index (χ0) is 15.2. The Morgan fingerprint density at radius 2 is 1.90 bits per heavy atom. The van der Waals surface area contributed by atoms with Crippen LogP contribution in [0.15, 0.2) is 18.2 Å². The average molecular weight is 296 g/mol. The Labute approximate surface area is 124 Å². The Bertz CT molecular complexity index is 480. The lowest BCUT2D eigenvalue weighted by atomic mass is 9.80. The minimum atomic E-state index is -0.997. The molecule has 0 unspecified atom stereocenters. The molecule has 21 heavy (non-hydrogen) atoms. The maximum atomic E-state index is 13.1. The van der Waals surface area contributed by atoms with Gasteiger partial charge in [0, 0.05) is 6.07 Å². The van der Waals surface area contributed by atoms with Crippen molar-refractivity contribution in [2.75, 3.05) is 0 Å². The van der Waals surface area contributed by atoms with Crippen LogP contribution < -0.4 is 4.74 Å². The Morgan fingerprint density at radius 3 is 2.52 bits per heavy atom. The molecule has 0 heterocycles. The van der Waals surface area contributed by atoms with Crippen molar-refractivity contribution >= 4 is 5.97 Å². The predicted octanol–water partition coefficient (Wildman–Crippen LogP) is 4.87.